The molecule has 0 saturated carbocycles. The molecule has 10 aromatic rings. The second-order valence-corrected chi connectivity index (χ2v) is 15.7. The maximum absolute atomic E-state index is 2.47. The second-order valence-electron chi connectivity index (χ2n) is 15.7. The average molecular weight is 679 g/mol. The van der Waals surface area contributed by atoms with Gasteiger partial charge in [-0.2, -0.15) is 0 Å². The molecular weight excluding hydrogens is 649 g/mol. The fraction of sp³-hybridized carbons (Fsp3) is 0.0370. The van der Waals surface area contributed by atoms with Gasteiger partial charge in [0.15, 0.2) is 0 Å². The van der Waals surface area contributed by atoms with Gasteiger partial charge in [0.2, 0.25) is 0 Å². The number of benzene rings is 10. The Hall–Kier alpha value is -6.76. The Kier molecular flexibility index (Phi) is 4.76. The molecule has 0 N–H and O–H groups in total. The van der Waals surface area contributed by atoms with E-state index in [1.54, 1.807) is 0 Å². The van der Waals surface area contributed by atoms with E-state index in [1.165, 1.54) is 121 Å². The third-order valence-electron chi connectivity index (χ3n) is 13.8. The molecule has 0 amide bonds. The summed E-state index contributed by atoms with van der Waals surface area (Å²) in [6.07, 6.45) is 0. The van der Waals surface area contributed by atoms with Crippen LogP contribution in [0, 0.1) is 0 Å². The van der Waals surface area contributed by atoms with E-state index < -0.39 is 10.8 Å². The van der Waals surface area contributed by atoms with Gasteiger partial charge in [-0.05, 0) is 121 Å². The molecule has 0 aliphatic heterocycles. The van der Waals surface area contributed by atoms with Crippen LogP contribution in [0.15, 0.2) is 182 Å². The molecule has 0 atom stereocenters. The van der Waals surface area contributed by atoms with Crippen LogP contribution in [-0.2, 0) is 10.8 Å². The van der Waals surface area contributed by atoms with Crippen LogP contribution in [0.3, 0.4) is 0 Å². The second kappa shape index (κ2) is 9.23. The Balaban J connectivity index is 1.37. The highest BCUT2D eigenvalue weighted by Crippen LogP contribution is 2.71. The van der Waals surface area contributed by atoms with Gasteiger partial charge in [0.1, 0.15) is 0 Å². The summed E-state index contributed by atoms with van der Waals surface area (Å²) in [5.41, 5.74) is 18.4. The number of fused-ring (bicyclic) bond motifs is 20. The molecule has 2 spiro atoms. The Morgan fingerprint density at radius 2 is 0.500 bits per heavy atom. The summed E-state index contributed by atoms with van der Waals surface area (Å²) < 4.78 is 0. The number of rotatable bonds is 0. The Morgan fingerprint density at radius 3 is 0.870 bits per heavy atom. The van der Waals surface area contributed by atoms with Crippen molar-refractivity contribution in [3.63, 3.8) is 0 Å². The highest BCUT2D eigenvalue weighted by atomic mass is 14.6. The summed E-state index contributed by atoms with van der Waals surface area (Å²) in [5.74, 6) is 0. The van der Waals surface area contributed by atoms with Gasteiger partial charge < -0.3 is 0 Å². The van der Waals surface area contributed by atoms with Gasteiger partial charge in [0, 0.05) is 0 Å². The van der Waals surface area contributed by atoms with E-state index in [9.17, 15) is 0 Å². The largest absolute Gasteiger partial charge is 0.0731 e. The lowest BCUT2D eigenvalue weighted by Gasteiger charge is -2.48. The average Bonchev–Trinajstić information content (AvgIpc) is 3.70. The monoisotopic (exact) mass is 678 g/mol. The normalized spacial score (nSPS) is 15.3. The summed E-state index contributed by atoms with van der Waals surface area (Å²) in [6, 6.07) is 70.0. The quantitative estimate of drug-likeness (QED) is 0.140. The molecule has 0 aromatic heterocycles. The van der Waals surface area contributed by atoms with E-state index in [1.807, 2.05) is 0 Å². The van der Waals surface area contributed by atoms with Crippen LogP contribution in [0.2, 0.25) is 0 Å². The van der Waals surface area contributed by atoms with Crippen LogP contribution in [0.4, 0.5) is 0 Å². The van der Waals surface area contributed by atoms with Gasteiger partial charge >= 0.3 is 0 Å². The first-order valence-electron chi connectivity index (χ1n) is 19.2. The number of hydrogen-bond acceptors (Lipinski definition) is 0. The van der Waals surface area contributed by atoms with Crippen LogP contribution in [-0.4, -0.2) is 0 Å². The lowest BCUT2D eigenvalue weighted by atomic mass is 9.53. The fourth-order valence-electron chi connectivity index (χ4n) is 12.2. The summed E-state index contributed by atoms with van der Waals surface area (Å²) in [5, 5.41) is 10.8. The van der Waals surface area contributed by atoms with Crippen LogP contribution in [0.25, 0.3) is 76.5 Å². The van der Waals surface area contributed by atoms with Crippen molar-refractivity contribution in [2.45, 2.75) is 10.8 Å². The van der Waals surface area contributed by atoms with Crippen LogP contribution < -0.4 is 0 Å². The smallest absolute Gasteiger partial charge is 0.0619 e. The number of hydrogen-bond donors (Lipinski definition) is 0. The first-order valence-corrected chi connectivity index (χ1v) is 19.2. The zero-order chi connectivity index (χ0) is 34.9. The molecule has 0 fully saturated rings. The topological polar surface area (TPSA) is 0 Å². The van der Waals surface area contributed by atoms with Gasteiger partial charge in [-0.25, -0.2) is 0 Å². The van der Waals surface area contributed by atoms with E-state index in [0.717, 1.165) is 0 Å². The predicted octanol–water partition coefficient (Wildman–Crippen LogP) is 13.3. The van der Waals surface area contributed by atoms with E-state index in [4.69, 9.17) is 0 Å². The van der Waals surface area contributed by atoms with Crippen molar-refractivity contribution in [3.05, 3.63) is 226 Å². The first kappa shape index (κ1) is 27.8. The minimum absolute atomic E-state index is 0.508. The molecule has 0 heteroatoms. The molecule has 4 aliphatic carbocycles. The molecule has 0 nitrogen and oxygen atoms in total. The van der Waals surface area contributed by atoms with E-state index in [-0.39, 0.29) is 0 Å². The predicted molar refractivity (Wildman–Crippen MR) is 224 cm³/mol. The third-order valence-corrected chi connectivity index (χ3v) is 13.8. The third kappa shape index (κ3) is 2.76. The Labute approximate surface area is 312 Å². The zero-order valence-electron chi connectivity index (χ0n) is 29.3. The van der Waals surface area contributed by atoms with Crippen molar-refractivity contribution in [2.75, 3.05) is 0 Å². The molecule has 54 heavy (non-hydrogen) atoms. The Bertz CT molecular complexity index is 3070. The molecule has 246 valence electrons. The van der Waals surface area contributed by atoms with Gasteiger partial charge in [0.05, 0.1) is 10.8 Å². The van der Waals surface area contributed by atoms with Crippen molar-refractivity contribution in [3.8, 4) is 33.4 Å². The van der Waals surface area contributed by atoms with Crippen molar-refractivity contribution in [1.82, 2.24) is 0 Å². The highest BCUT2D eigenvalue weighted by Gasteiger charge is 2.57. The molecule has 4 aliphatic rings. The molecule has 14 rings (SSSR count). The van der Waals surface area contributed by atoms with Crippen molar-refractivity contribution in [2.24, 2.45) is 0 Å². The molecule has 0 bridgehead atoms. The molecule has 0 unspecified atom stereocenters. The summed E-state index contributed by atoms with van der Waals surface area (Å²) in [6.45, 7) is 0. The minimum atomic E-state index is -0.508. The van der Waals surface area contributed by atoms with Crippen molar-refractivity contribution >= 4 is 43.1 Å². The summed E-state index contributed by atoms with van der Waals surface area (Å²) in [7, 11) is 0. The highest BCUT2D eigenvalue weighted by molar-refractivity contribution is 6.30. The standard InChI is InChI=1S/C54H30/c1-3-21-39-31(15-1)37-23-13-29-45-47(37)49-50-48-38(24-14-30-46(48)53(51(39)49)41-25-9-5-17-33(41)34-18-6-10-26-42(34)53)32-16-2-4-22-40(32)52(50)54(45)43-27-11-7-19-35(43)36-20-8-12-28-44(36)54/h1-30H. The minimum Gasteiger partial charge on any atom is -0.0619 e. The van der Waals surface area contributed by atoms with Crippen LogP contribution in [0.1, 0.15) is 44.5 Å². The lowest BCUT2D eigenvalue weighted by molar-refractivity contribution is 0.760. The molecule has 0 radical (unpaired) electrons. The molecule has 10 aromatic carbocycles. The SMILES string of the molecule is c1ccc2c(c1)-c1ccccc1C21c2c3c4c(cccc4c4ccccc24)C2(c4ccccc4-c4ccccc42)c2c-3c3c1cccc3c1ccccc21. The van der Waals surface area contributed by atoms with Gasteiger partial charge in [-0.15, -0.1) is 0 Å². The first-order chi connectivity index (χ1) is 26.8. The summed E-state index contributed by atoms with van der Waals surface area (Å²) in [4.78, 5) is 0. The van der Waals surface area contributed by atoms with Gasteiger partial charge in [0.25, 0.3) is 0 Å². The molecule has 0 saturated heterocycles. The lowest BCUT2D eigenvalue weighted by Crippen LogP contribution is -2.37. The van der Waals surface area contributed by atoms with E-state index in [0.29, 0.717) is 0 Å². The van der Waals surface area contributed by atoms with Gasteiger partial charge in [-0.3, -0.25) is 0 Å². The van der Waals surface area contributed by atoms with Crippen LogP contribution in [0.5, 0.6) is 0 Å². The van der Waals surface area contributed by atoms with Crippen molar-refractivity contribution < 1.29 is 0 Å². The van der Waals surface area contributed by atoms with E-state index >= 15 is 0 Å². The zero-order valence-corrected chi connectivity index (χ0v) is 29.3. The maximum Gasteiger partial charge on any atom is 0.0731 e. The van der Waals surface area contributed by atoms with Crippen LogP contribution >= 0.6 is 0 Å². The molecule has 0 heterocycles. The summed E-state index contributed by atoms with van der Waals surface area (Å²) >= 11 is 0. The fourth-order valence-corrected chi connectivity index (χ4v) is 12.2. The van der Waals surface area contributed by atoms with Crippen molar-refractivity contribution in [1.29, 1.82) is 0 Å². The van der Waals surface area contributed by atoms with Gasteiger partial charge in [-0.1, -0.05) is 182 Å². The molecular formula is C54H30. The maximum atomic E-state index is 2.47. The Morgan fingerprint density at radius 1 is 0.222 bits per heavy atom. The van der Waals surface area contributed by atoms with E-state index in [2.05, 4.69) is 182 Å².